The van der Waals surface area contributed by atoms with Crippen LogP contribution in [0.1, 0.15) is 213 Å². The molecule has 0 heterocycles. The van der Waals surface area contributed by atoms with E-state index in [1.165, 1.54) is 135 Å². The Hall–Kier alpha value is -1.45. The van der Waals surface area contributed by atoms with E-state index < -0.39 is 17.9 Å². The van der Waals surface area contributed by atoms with Crippen LogP contribution in [0.15, 0.2) is 30.3 Å². The molecule has 285 valence electrons. The standard InChI is InChI=1S/3C12H24O2.C6H5.Pb/c3*1-2-3-4-5-6-7-8-9-10-11-12(13)14;1-2-4-6-5-3-1;/h3*2-11H2,1H3,(H,13,14);1-5H;/p-3. The fraction of sp³-hybridized carbons (Fsp3) is 0.786. The molecule has 0 saturated carbocycles. The third-order valence-corrected chi connectivity index (χ3v) is 8.06. The molecule has 0 aliphatic carbocycles. The minimum absolute atomic E-state index is 0. The fourth-order valence-electron chi connectivity index (χ4n) is 5.08. The number of carbonyl (C=O) groups excluding carboxylic acids is 3. The quantitative estimate of drug-likeness (QED) is 0.0562. The Labute approximate surface area is 323 Å². The van der Waals surface area contributed by atoms with Crippen LogP contribution in [-0.2, 0) is 14.4 Å². The molecule has 1 rings (SSSR count). The minimum atomic E-state index is -0.909. The summed E-state index contributed by atoms with van der Waals surface area (Å²) in [4.78, 5) is 30.3. The van der Waals surface area contributed by atoms with Gasteiger partial charge in [-0.3, -0.25) is 0 Å². The van der Waals surface area contributed by atoms with Gasteiger partial charge in [0.25, 0.3) is 0 Å². The molecule has 0 aliphatic rings. The average Bonchev–Trinajstić information content (AvgIpc) is 3.07. The molecule has 1 aromatic rings. The van der Waals surface area contributed by atoms with Gasteiger partial charge in [0.15, 0.2) is 0 Å². The second-order valence-corrected chi connectivity index (χ2v) is 12.9. The molecule has 6 nitrogen and oxygen atoms in total. The van der Waals surface area contributed by atoms with E-state index in [1.807, 2.05) is 30.3 Å². The van der Waals surface area contributed by atoms with Crippen molar-refractivity contribution in [1.82, 2.24) is 0 Å². The second kappa shape index (κ2) is 50.9. The van der Waals surface area contributed by atoms with E-state index in [2.05, 4.69) is 26.8 Å². The van der Waals surface area contributed by atoms with Gasteiger partial charge in [-0.2, -0.15) is 0 Å². The molecule has 0 aliphatic heterocycles. The van der Waals surface area contributed by atoms with Gasteiger partial charge in [-0.1, -0.05) is 205 Å². The van der Waals surface area contributed by atoms with Crippen molar-refractivity contribution < 1.29 is 29.7 Å². The summed E-state index contributed by atoms with van der Waals surface area (Å²) in [5, 5.41) is 30.3. The number of aliphatic carboxylic acids is 3. The molecular weight excluding hydrogens is 808 g/mol. The topological polar surface area (TPSA) is 120 Å². The van der Waals surface area contributed by atoms with E-state index in [-0.39, 0.29) is 46.6 Å². The Morgan fingerprint density at radius 1 is 0.367 bits per heavy atom. The molecular formula is C42H74O6Pb-3. The molecule has 0 spiro atoms. The number of carboxylic acid groups (broad SMARTS) is 3. The largest absolute Gasteiger partial charge is 0.550 e. The van der Waals surface area contributed by atoms with Gasteiger partial charge in [0.1, 0.15) is 0 Å². The van der Waals surface area contributed by atoms with Gasteiger partial charge in [-0.15, -0.1) is 0 Å². The number of carboxylic acids is 3. The molecule has 0 amide bonds. The number of hydrogen-bond acceptors (Lipinski definition) is 6. The summed E-state index contributed by atoms with van der Waals surface area (Å²) in [6.07, 6.45) is 33.5. The Balaban J connectivity index is -0.000000282. The first-order valence-electron chi connectivity index (χ1n) is 19.8. The maximum atomic E-state index is 10.1. The number of rotatable bonds is 30. The Morgan fingerprint density at radius 3 is 0.714 bits per heavy atom. The van der Waals surface area contributed by atoms with Crippen LogP contribution in [0.4, 0.5) is 0 Å². The van der Waals surface area contributed by atoms with Crippen LogP contribution < -0.4 is 15.3 Å². The number of carbonyl (C=O) groups is 3. The molecule has 7 heteroatoms. The SMILES string of the molecule is CCCCCCCCCCCC(=O)[O-].CCCCCCCCCCCC(=O)[O-].CCCCCCCCCCCC(=O)[O-].[Pb].[c]1ccccc1. The molecule has 0 bridgehead atoms. The van der Waals surface area contributed by atoms with Crippen molar-refractivity contribution >= 4 is 45.2 Å². The fourth-order valence-corrected chi connectivity index (χ4v) is 5.08. The zero-order chi connectivity index (χ0) is 36.2. The van der Waals surface area contributed by atoms with Crippen LogP contribution in [0.25, 0.3) is 0 Å². The van der Waals surface area contributed by atoms with Gasteiger partial charge < -0.3 is 29.7 Å². The number of hydrogen-bond donors (Lipinski definition) is 0. The van der Waals surface area contributed by atoms with Crippen LogP contribution >= 0.6 is 0 Å². The van der Waals surface area contributed by atoms with E-state index in [0.717, 1.165) is 38.5 Å². The van der Waals surface area contributed by atoms with Crippen molar-refractivity contribution in [2.45, 2.75) is 213 Å². The van der Waals surface area contributed by atoms with Gasteiger partial charge in [0.05, 0.1) is 0 Å². The second-order valence-electron chi connectivity index (χ2n) is 12.9. The third kappa shape index (κ3) is 65.5. The minimum Gasteiger partial charge on any atom is -0.550 e. The summed E-state index contributed by atoms with van der Waals surface area (Å²) in [5.41, 5.74) is 0. The van der Waals surface area contributed by atoms with Gasteiger partial charge in [0, 0.05) is 45.2 Å². The molecule has 0 saturated heterocycles. The molecule has 1 aromatic carbocycles. The summed E-state index contributed by atoms with van der Waals surface area (Å²) >= 11 is 0. The van der Waals surface area contributed by atoms with Crippen molar-refractivity contribution in [3.8, 4) is 0 Å². The molecule has 0 unspecified atom stereocenters. The first-order valence-corrected chi connectivity index (χ1v) is 19.8. The molecule has 0 aromatic heterocycles. The van der Waals surface area contributed by atoms with Crippen LogP contribution in [0.3, 0.4) is 0 Å². The van der Waals surface area contributed by atoms with E-state index in [4.69, 9.17) is 0 Å². The molecule has 0 atom stereocenters. The molecule has 49 heavy (non-hydrogen) atoms. The van der Waals surface area contributed by atoms with Crippen molar-refractivity contribution in [2.75, 3.05) is 0 Å². The number of unbranched alkanes of at least 4 members (excludes halogenated alkanes) is 24. The zero-order valence-electron chi connectivity index (χ0n) is 32.0. The zero-order valence-corrected chi connectivity index (χ0v) is 35.9. The van der Waals surface area contributed by atoms with Crippen LogP contribution in [0.2, 0.25) is 0 Å². The van der Waals surface area contributed by atoms with Gasteiger partial charge in [-0.05, 0) is 44.6 Å². The van der Waals surface area contributed by atoms with Crippen LogP contribution in [0, 0.1) is 6.07 Å². The summed E-state index contributed by atoms with van der Waals surface area (Å²) in [6.45, 7) is 6.67. The number of benzene rings is 1. The van der Waals surface area contributed by atoms with E-state index in [1.54, 1.807) is 0 Å². The van der Waals surface area contributed by atoms with Crippen LogP contribution in [-0.4, -0.2) is 45.2 Å². The average molecular weight is 882 g/mol. The maximum absolute atomic E-state index is 10.1. The summed E-state index contributed by atoms with van der Waals surface area (Å²) in [5.74, 6) is -2.73. The predicted molar refractivity (Wildman–Crippen MR) is 202 cm³/mol. The molecule has 0 N–H and O–H groups in total. The van der Waals surface area contributed by atoms with Gasteiger partial charge in [-0.25, -0.2) is 0 Å². The van der Waals surface area contributed by atoms with Crippen molar-refractivity contribution in [1.29, 1.82) is 0 Å². The summed E-state index contributed by atoms with van der Waals surface area (Å²) in [7, 11) is 0. The molecule has 0 fully saturated rings. The van der Waals surface area contributed by atoms with E-state index in [0.29, 0.717) is 0 Å². The maximum Gasteiger partial charge on any atom is 0.0414 e. The van der Waals surface area contributed by atoms with Gasteiger partial charge in [0.2, 0.25) is 0 Å². The normalized spacial score (nSPS) is 9.86. The smallest absolute Gasteiger partial charge is 0.0414 e. The molecule has 5 radical (unpaired) electrons. The van der Waals surface area contributed by atoms with E-state index in [9.17, 15) is 29.7 Å². The van der Waals surface area contributed by atoms with Crippen molar-refractivity contribution in [3.63, 3.8) is 0 Å². The first-order chi connectivity index (χ1) is 23.3. The van der Waals surface area contributed by atoms with Crippen molar-refractivity contribution in [2.24, 2.45) is 0 Å². The predicted octanol–water partition coefficient (Wildman–Crippen LogP) is 9.08. The third-order valence-electron chi connectivity index (χ3n) is 8.06. The Kier molecular flexibility index (Phi) is 56.5. The van der Waals surface area contributed by atoms with E-state index >= 15 is 0 Å². The van der Waals surface area contributed by atoms with Crippen LogP contribution in [0.5, 0.6) is 0 Å². The van der Waals surface area contributed by atoms with Crippen molar-refractivity contribution in [3.05, 3.63) is 36.4 Å². The summed E-state index contributed by atoms with van der Waals surface area (Å²) < 4.78 is 0. The monoisotopic (exact) mass is 883 g/mol. The first kappa shape index (κ1) is 54.3. The summed E-state index contributed by atoms with van der Waals surface area (Å²) in [6, 6.07) is 12.5. The Morgan fingerprint density at radius 2 is 0.571 bits per heavy atom. The Bertz CT molecular complexity index is 656. The van der Waals surface area contributed by atoms with Gasteiger partial charge >= 0.3 is 0 Å².